The number of hydrogen-bond acceptors (Lipinski definition) is 3. The number of halogens is 2. The van der Waals surface area contributed by atoms with Gasteiger partial charge in [-0.25, -0.2) is 0 Å². The molecule has 1 amide bonds. The molecule has 2 N–H and O–H groups in total. The molecule has 1 aromatic carbocycles. The Morgan fingerprint density at radius 2 is 1.95 bits per heavy atom. The van der Waals surface area contributed by atoms with Crippen molar-refractivity contribution in [1.82, 2.24) is 10.2 Å². The smallest absolute Gasteiger partial charge is 0.225 e. The molecule has 1 aromatic rings. The Labute approximate surface area is 137 Å². The van der Waals surface area contributed by atoms with Crippen LogP contribution in [0.15, 0.2) is 24.3 Å². The highest BCUT2D eigenvalue weighted by atomic mass is 35.5. The van der Waals surface area contributed by atoms with Gasteiger partial charge in [-0.3, -0.25) is 9.69 Å². The summed E-state index contributed by atoms with van der Waals surface area (Å²) < 4.78 is 0. The summed E-state index contributed by atoms with van der Waals surface area (Å²) in [6.07, 6.45) is 0.491. The predicted octanol–water partition coefficient (Wildman–Crippen LogP) is 2.77. The maximum Gasteiger partial charge on any atom is 0.225 e. The topological polar surface area (TPSA) is 44.4 Å². The molecule has 2 rings (SSSR count). The van der Waals surface area contributed by atoms with Gasteiger partial charge < -0.3 is 10.6 Å². The first-order chi connectivity index (χ1) is 9.54. The second-order valence-corrected chi connectivity index (χ2v) is 5.91. The molecule has 0 spiro atoms. The third-order valence-electron chi connectivity index (χ3n) is 3.44. The summed E-state index contributed by atoms with van der Waals surface area (Å²) in [5.74, 6) is 0.0111. The van der Waals surface area contributed by atoms with E-state index < -0.39 is 0 Å². The van der Waals surface area contributed by atoms with Gasteiger partial charge in [0.05, 0.1) is 10.7 Å². The number of benzene rings is 1. The van der Waals surface area contributed by atoms with E-state index in [9.17, 15) is 4.79 Å². The van der Waals surface area contributed by atoms with Crippen molar-refractivity contribution in [1.29, 1.82) is 0 Å². The quantitative estimate of drug-likeness (QED) is 0.891. The molecule has 1 fully saturated rings. The number of carbonyl (C=O) groups is 1. The van der Waals surface area contributed by atoms with Gasteiger partial charge in [-0.1, -0.05) is 23.7 Å². The Kier molecular flexibility index (Phi) is 7.46. The van der Waals surface area contributed by atoms with Crippen molar-refractivity contribution < 1.29 is 4.79 Å². The molecule has 1 heterocycles. The number of piperazine rings is 1. The van der Waals surface area contributed by atoms with Gasteiger partial charge >= 0.3 is 0 Å². The van der Waals surface area contributed by atoms with Crippen molar-refractivity contribution in [3.8, 4) is 0 Å². The molecule has 0 aromatic heterocycles. The number of para-hydroxylation sites is 1. The molecular formula is C15H23Cl2N3O. The Morgan fingerprint density at radius 1 is 1.33 bits per heavy atom. The Balaban J connectivity index is 0.00000220. The summed E-state index contributed by atoms with van der Waals surface area (Å²) in [6.45, 7) is 7.11. The Bertz CT molecular complexity index is 460. The molecule has 2 atom stereocenters. The second kappa shape index (κ2) is 8.59. The molecule has 21 heavy (non-hydrogen) atoms. The van der Waals surface area contributed by atoms with E-state index in [1.807, 2.05) is 18.2 Å². The fourth-order valence-electron chi connectivity index (χ4n) is 2.66. The summed E-state index contributed by atoms with van der Waals surface area (Å²) in [6, 6.07) is 8.25. The Hall–Kier alpha value is -0.810. The molecule has 1 saturated heterocycles. The second-order valence-electron chi connectivity index (χ2n) is 5.51. The Morgan fingerprint density at radius 3 is 2.57 bits per heavy atom. The highest BCUT2D eigenvalue weighted by molar-refractivity contribution is 6.33. The lowest BCUT2D eigenvalue weighted by atomic mass is 10.1. The van der Waals surface area contributed by atoms with Gasteiger partial charge in [0, 0.05) is 38.1 Å². The normalized spacial score (nSPS) is 22.4. The van der Waals surface area contributed by atoms with E-state index in [2.05, 4.69) is 29.4 Å². The van der Waals surface area contributed by atoms with Gasteiger partial charge in [-0.15, -0.1) is 12.4 Å². The first kappa shape index (κ1) is 18.2. The number of hydrogen-bond donors (Lipinski definition) is 2. The average Bonchev–Trinajstić information content (AvgIpc) is 2.38. The number of carbonyl (C=O) groups excluding carboxylic acids is 1. The minimum Gasteiger partial charge on any atom is -0.325 e. The van der Waals surface area contributed by atoms with E-state index in [-0.39, 0.29) is 18.3 Å². The zero-order chi connectivity index (χ0) is 14.5. The van der Waals surface area contributed by atoms with Crippen LogP contribution in [0.5, 0.6) is 0 Å². The maximum absolute atomic E-state index is 12.0. The molecule has 4 nitrogen and oxygen atoms in total. The monoisotopic (exact) mass is 331 g/mol. The van der Waals surface area contributed by atoms with Crippen LogP contribution in [0.1, 0.15) is 20.3 Å². The number of nitrogens with zero attached hydrogens (tertiary/aromatic N) is 1. The van der Waals surface area contributed by atoms with E-state index in [0.717, 1.165) is 19.6 Å². The minimum absolute atomic E-state index is 0. The highest BCUT2D eigenvalue weighted by Crippen LogP contribution is 2.20. The lowest BCUT2D eigenvalue weighted by molar-refractivity contribution is -0.116. The molecule has 2 unspecified atom stereocenters. The molecule has 1 aliphatic rings. The lowest BCUT2D eigenvalue weighted by Crippen LogP contribution is -2.54. The van der Waals surface area contributed by atoms with Crippen LogP contribution in [0.2, 0.25) is 5.02 Å². The third-order valence-corrected chi connectivity index (χ3v) is 3.77. The number of nitrogens with one attached hydrogen (secondary N) is 2. The van der Waals surface area contributed by atoms with Crippen molar-refractivity contribution in [2.24, 2.45) is 0 Å². The first-order valence-corrected chi connectivity index (χ1v) is 7.45. The van der Waals surface area contributed by atoms with Crippen LogP contribution in [0.4, 0.5) is 5.69 Å². The minimum atomic E-state index is 0. The SMILES string of the molecule is CC1CN(CCC(=O)Nc2ccccc2Cl)CC(C)N1.Cl. The summed E-state index contributed by atoms with van der Waals surface area (Å²) in [7, 11) is 0. The van der Waals surface area contributed by atoms with E-state index in [4.69, 9.17) is 11.6 Å². The summed E-state index contributed by atoms with van der Waals surface area (Å²) in [5, 5.41) is 6.92. The summed E-state index contributed by atoms with van der Waals surface area (Å²) >= 11 is 6.02. The fraction of sp³-hybridized carbons (Fsp3) is 0.533. The van der Waals surface area contributed by atoms with Gasteiger partial charge in [0.25, 0.3) is 0 Å². The van der Waals surface area contributed by atoms with Gasteiger partial charge in [0.1, 0.15) is 0 Å². The van der Waals surface area contributed by atoms with Crippen molar-refractivity contribution >= 4 is 35.6 Å². The molecular weight excluding hydrogens is 309 g/mol. The van der Waals surface area contributed by atoms with Gasteiger partial charge in [0.2, 0.25) is 5.91 Å². The third kappa shape index (κ3) is 5.83. The van der Waals surface area contributed by atoms with Crippen molar-refractivity contribution in [3.63, 3.8) is 0 Å². The van der Waals surface area contributed by atoms with E-state index in [1.165, 1.54) is 0 Å². The summed E-state index contributed by atoms with van der Waals surface area (Å²) in [4.78, 5) is 14.3. The molecule has 0 aliphatic carbocycles. The van der Waals surface area contributed by atoms with Gasteiger partial charge in [-0.05, 0) is 26.0 Å². The molecule has 118 valence electrons. The van der Waals surface area contributed by atoms with Crippen LogP contribution in [-0.4, -0.2) is 42.5 Å². The van der Waals surface area contributed by atoms with Crippen molar-refractivity contribution in [2.75, 3.05) is 25.0 Å². The van der Waals surface area contributed by atoms with Crippen LogP contribution < -0.4 is 10.6 Å². The van der Waals surface area contributed by atoms with Crippen LogP contribution in [0, 0.1) is 0 Å². The first-order valence-electron chi connectivity index (χ1n) is 7.07. The average molecular weight is 332 g/mol. The van der Waals surface area contributed by atoms with E-state index in [1.54, 1.807) is 6.07 Å². The molecule has 6 heteroatoms. The predicted molar refractivity (Wildman–Crippen MR) is 90.4 cm³/mol. The van der Waals surface area contributed by atoms with E-state index in [0.29, 0.717) is 29.2 Å². The molecule has 0 radical (unpaired) electrons. The number of rotatable bonds is 4. The van der Waals surface area contributed by atoms with Crippen molar-refractivity contribution in [2.45, 2.75) is 32.4 Å². The van der Waals surface area contributed by atoms with Crippen LogP contribution in [0.25, 0.3) is 0 Å². The van der Waals surface area contributed by atoms with Crippen LogP contribution in [0.3, 0.4) is 0 Å². The van der Waals surface area contributed by atoms with Gasteiger partial charge in [-0.2, -0.15) is 0 Å². The van der Waals surface area contributed by atoms with Crippen LogP contribution >= 0.6 is 24.0 Å². The number of amides is 1. The molecule has 0 bridgehead atoms. The van der Waals surface area contributed by atoms with E-state index >= 15 is 0 Å². The standard InChI is InChI=1S/C15H22ClN3O.ClH/c1-11-9-19(10-12(2)17-11)8-7-15(20)18-14-6-4-3-5-13(14)16;/h3-6,11-12,17H,7-10H2,1-2H3,(H,18,20);1H. The maximum atomic E-state index is 12.0. The zero-order valence-corrected chi connectivity index (χ0v) is 14.0. The van der Waals surface area contributed by atoms with Crippen LogP contribution in [-0.2, 0) is 4.79 Å². The highest BCUT2D eigenvalue weighted by Gasteiger charge is 2.21. The zero-order valence-electron chi connectivity index (χ0n) is 12.4. The molecule has 0 saturated carbocycles. The fourth-order valence-corrected chi connectivity index (χ4v) is 2.84. The van der Waals surface area contributed by atoms with Crippen molar-refractivity contribution in [3.05, 3.63) is 29.3 Å². The lowest BCUT2D eigenvalue weighted by Gasteiger charge is -2.36. The van der Waals surface area contributed by atoms with Gasteiger partial charge in [0.15, 0.2) is 0 Å². The number of anilines is 1. The molecule has 1 aliphatic heterocycles. The largest absolute Gasteiger partial charge is 0.325 e. The summed E-state index contributed by atoms with van der Waals surface area (Å²) in [5.41, 5.74) is 0.682.